The number of aromatic nitrogens is 3. The number of thioether (sulfide) groups is 1. The molecule has 3 rings (SSSR count). The standard InChI is InChI=1S/C14H12ClN3O2S/c15-14-11(12(20)13-10(19)6-7-21-13)16-17-18(14)8-9-4-2-1-3-5-9/h1-5,19H,6-8H2. The summed E-state index contributed by atoms with van der Waals surface area (Å²) in [6.07, 6.45) is 0.501. The Morgan fingerprint density at radius 3 is 2.81 bits per heavy atom. The summed E-state index contributed by atoms with van der Waals surface area (Å²) < 4.78 is 1.47. The molecule has 1 aromatic carbocycles. The van der Waals surface area contributed by atoms with Gasteiger partial charge in [0.15, 0.2) is 10.8 Å². The third kappa shape index (κ3) is 2.82. The first-order chi connectivity index (χ1) is 10.2. The van der Waals surface area contributed by atoms with Gasteiger partial charge in [-0.25, -0.2) is 4.68 Å². The molecule has 0 fully saturated rings. The van der Waals surface area contributed by atoms with Gasteiger partial charge in [0.2, 0.25) is 5.78 Å². The molecule has 2 aromatic rings. The molecule has 0 bridgehead atoms. The topological polar surface area (TPSA) is 68.0 Å². The number of aliphatic hydroxyl groups excluding tert-OH is 1. The van der Waals surface area contributed by atoms with Gasteiger partial charge in [-0.05, 0) is 5.56 Å². The van der Waals surface area contributed by atoms with E-state index in [1.54, 1.807) is 0 Å². The van der Waals surface area contributed by atoms with Crippen molar-refractivity contribution in [3.63, 3.8) is 0 Å². The normalized spacial score (nSPS) is 14.7. The van der Waals surface area contributed by atoms with E-state index in [0.29, 0.717) is 23.6 Å². The van der Waals surface area contributed by atoms with Crippen LogP contribution in [0.1, 0.15) is 22.5 Å². The summed E-state index contributed by atoms with van der Waals surface area (Å²) in [6, 6.07) is 9.66. The van der Waals surface area contributed by atoms with Crippen molar-refractivity contribution in [2.24, 2.45) is 0 Å². The fraction of sp³-hybridized carbons (Fsp3) is 0.214. The fourth-order valence-electron chi connectivity index (χ4n) is 2.05. The van der Waals surface area contributed by atoms with Crippen molar-refractivity contribution in [3.05, 3.63) is 57.4 Å². The molecule has 0 atom stereocenters. The molecule has 1 aliphatic rings. The first-order valence-electron chi connectivity index (χ1n) is 6.39. The van der Waals surface area contributed by atoms with Crippen LogP contribution < -0.4 is 0 Å². The Morgan fingerprint density at radius 2 is 2.14 bits per heavy atom. The minimum atomic E-state index is -0.362. The Hall–Kier alpha value is -1.79. The molecule has 0 aliphatic carbocycles. The Balaban J connectivity index is 1.86. The number of carbonyl (C=O) groups is 1. The van der Waals surface area contributed by atoms with Crippen LogP contribution in [0.5, 0.6) is 0 Å². The molecule has 1 N–H and O–H groups in total. The monoisotopic (exact) mass is 321 g/mol. The fourth-order valence-corrected chi connectivity index (χ4v) is 3.26. The highest BCUT2D eigenvalue weighted by molar-refractivity contribution is 8.04. The number of hydrogen-bond acceptors (Lipinski definition) is 5. The SMILES string of the molecule is O=C(C1=C(O)CCS1)c1nnn(Cc2ccccc2)c1Cl. The van der Waals surface area contributed by atoms with E-state index < -0.39 is 0 Å². The van der Waals surface area contributed by atoms with Gasteiger partial charge in [0.1, 0.15) is 5.76 Å². The molecule has 0 saturated carbocycles. The van der Waals surface area contributed by atoms with Crippen LogP contribution in [0.4, 0.5) is 0 Å². The third-order valence-corrected chi connectivity index (χ3v) is 4.61. The number of benzene rings is 1. The highest BCUT2D eigenvalue weighted by Crippen LogP contribution is 2.33. The number of aliphatic hydroxyl groups is 1. The van der Waals surface area contributed by atoms with Crippen molar-refractivity contribution in [3.8, 4) is 0 Å². The number of allylic oxidation sites excluding steroid dienone is 2. The zero-order chi connectivity index (χ0) is 14.8. The Bertz CT molecular complexity index is 712. The molecule has 0 amide bonds. The van der Waals surface area contributed by atoms with Crippen molar-refractivity contribution in [1.82, 2.24) is 15.0 Å². The van der Waals surface area contributed by atoms with Gasteiger partial charge in [0.05, 0.1) is 11.4 Å². The molecule has 21 heavy (non-hydrogen) atoms. The number of nitrogens with zero attached hydrogens (tertiary/aromatic N) is 3. The highest BCUT2D eigenvalue weighted by atomic mass is 35.5. The largest absolute Gasteiger partial charge is 0.511 e. The molecular weight excluding hydrogens is 310 g/mol. The minimum Gasteiger partial charge on any atom is -0.511 e. The van der Waals surface area contributed by atoms with Crippen LogP contribution in [0.15, 0.2) is 41.0 Å². The first-order valence-corrected chi connectivity index (χ1v) is 7.75. The van der Waals surface area contributed by atoms with Gasteiger partial charge in [-0.15, -0.1) is 16.9 Å². The number of Topliss-reactive ketones (excluding diaryl/α,β-unsaturated/α-hetero) is 1. The smallest absolute Gasteiger partial charge is 0.226 e. The van der Waals surface area contributed by atoms with Gasteiger partial charge in [0.25, 0.3) is 0 Å². The second kappa shape index (κ2) is 5.91. The van der Waals surface area contributed by atoms with E-state index >= 15 is 0 Å². The number of hydrogen-bond donors (Lipinski definition) is 1. The lowest BCUT2D eigenvalue weighted by Gasteiger charge is -2.02. The molecular formula is C14H12ClN3O2S. The highest BCUT2D eigenvalue weighted by Gasteiger charge is 2.27. The zero-order valence-corrected chi connectivity index (χ0v) is 12.6. The molecule has 1 aromatic heterocycles. The van der Waals surface area contributed by atoms with Crippen LogP contribution in [-0.4, -0.2) is 31.6 Å². The van der Waals surface area contributed by atoms with Gasteiger partial charge in [0, 0.05) is 12.2 Å². The van der Waals surface area contributed by atoms with Crippen molar-refractivity contribution >= 4 is 29.1 Å². The molecule has 0 unspecified atom stereocenters. The summed E-state index contributed by atoms with van der Waals surface area (Å²) in [6.45, 7) is 0.443. The summed E-state index contributed by atoms with van der Waals surface area (Å²) in [5, 5.41) is 17.7. The van der Waals surface area contributed by atoms with E-state index in [1.807, 2.05) is 30.3 Å². The maximum absolute atomic E-state index is 12.3. The zero-order valence-electron chi connectivity index (χ0n) is 11.0. The van der Waals surface area contributed by atoms with Crippen molar-refractivity contribution in [2.75, 3.05) is 5.75 Å². The van der Waals surface area contributed by atoms with Crippen molar-refractivity contribution < 1.29 is 9.90 Å². The lowest BCUT2D eigenvalue weighted by Crippen LogP contribution is -2.04. The molecule has 5 nitrogen and oxygen atoms in total. The van der Waals surface area contributed by atoms with Gasteiger partial charge in [-0.2, -0.15) is 0 Å². The third-order valence-electron chi connectivity index (χ3n) is 3.12. The van der Waals surface area contributed by atoms with E-state index in [2.05, 4.69) is 10.3 Å². The maximum Gasteiger partial charge on any atom is 0.226 e. The Labute approximate surface area is 130 Å². The van der Waals surface area contributed by atoms with E-state index in [4.69, 9.17) is 11.6 Å². The lowest BCUT2D eigenvalue weighted by atomic mass is 10.2. The molecule has 108 valence electrons. The number of carbonyl (C=O) groups excluding carboxylic acids is 1. The predicted octanol–water partition coefficient (Wildman–Crippen LogP) is 3.07. The van der Waals surface area contributed by atoms with Crippen LogP contribution in [0.25, 0.3) is 0 Å². The Morgan fingerprint density at radius 1 is 1.38 bits per heavy atom. The molecule has 2 heterocycles. The number of ketones is 1. The average Bonchev–Trinajstić information content (AvgIpc) is 3.07. The van der Waals surface area contributed by atoms with E-state index in [9.17, 15) is 9.90 Å². The van der Waals surface area contributed by atoms with Crippen LogP contribution in [0, 0.1) is 0 Å². The second-order valence-electron chi connectivity index (χ2n) is 4.58. The molecule has 0 spiro atoms. The summed E-state index contributed by atoms with van der Waals surface area (Å²) >= 11 is 7.52. The summed E-state index contributed by atoms with van der Waals surface area (Å²) in [7, 11) is 0. The molecule has 1 aliphatic heterocycles. The van der Waals surface area contributed by atoms with Crippen LogP contribution in [0.2, 0.25) is 5.15 Å². The summed E-state index contributed by atoms with van der Waals surface area (Å²) in [4.78, 5) is 12.6. The quantitative estimate of drug-likeness (QED) is 0.876. The summed E-state index contributed by atoms with van der Waals surface area (Å²) in [5.41, 5.74) is 1.10. The lowest BCUT2D eigenvalue weighted by molar-refractivity contribution is 0.103. The first kappa shape index (κ1) is 14.2. The van der Waals surface area contributed by atoms with E-state index in [-0.39, 0.29) is 22.4 Å². The van der Waals surface area contributed by atoms with Crippen LogP contribution in [-0.2, 0) is 6.54 Å². The number of rotatable bonds is 4. The molecule has 7 heteroatoms. The summed E-state index contributed by atoms with van der Waals surface area (Å²) in [5.74, 6) is 0.445. The van der Waals surface area contributed by atoms with Crippen LogP contribution in [0.3, 0.4) is 0 Å². The maximum atomic E-state index is 12.3. The van der Waals surface area contributed by atoms with Gasteiger partial charge < -0.3 is 5.11 Å². The van der Waals surface area contributed by atoms with Crippen molar-refractivity contribution in [1.29, 1.82) is 0 Å². The van der Waals surface area contributed by atoms with E-state index in [1.165, 1.54) is 16.4 Å². The van der Waals surface area contributed by atoms with Gasteiger partial charge in [-0.3, -0.25) is 4.79 Å². The van der Waals surface area contributed by atoms with Crippen molar-refractivity contribution in [2.45, 2.75) is 13.0 Å². The molecule has 0 radical (unpaired) electrons. The van der Waals surface area contributed by atoms with Gasteiger partial charge >= 0.3 is 0 Å². The molecule has 0 saturated heterocycles. The Kier molecular flexibility index (Phi) is 3.98. The van der Waals surface area contributed by atoms with Gasteiger partial charge in [-0.1, -0.05) is 47.1 Å². The van der Waals surface area contributed by atoms with E-state index in [0.717, 1.165) is 5.56 Å². The predicted molar refractivity (Wildman–Crippen MR) is 81.6 cm³/mol. The second-order valence-corrected chi connectivity index (χ2v) is 6.04. The van der Waals surface area contributed by atoms with Crippen LogP contribution >= 0.6 is 23.4 Å². The minimum absolute atomic E-state index is 0.0866. The average molecular weight is 322 g/mol. The number of halogens is 1.